The average Bonchev–Trinajstić information content (AvgIpc) is 3.08. The van der Waals surface area contributed by atoms with Gasteiger partial charge in [0.25, 0.3) is 0 Å². The van der Waals surface area contributed by atoms with Crippen molar-refractivity contribution < 1.29 is 28.5 Å². The minimum Gasteiger partial charge on any atom is -0.497 e. The minimum atomic E-state index is -0.415. The van der Waals surface area contributed by atoms with Gasteiger partial charge in [-0.25, -0.2) is 0 Å². The molecule has 2 amide bonds. The second-order valence-corrected chi connectivity index (χ2v) is 6.25. The van der Waals surface area contributed by atoms with Crippen LogP contribution in [0.2, 0.25) is 0 Å². The summed E-state index contributed by atoms with van der Waals surface area (Å²) in [6.07, 6.45) is 0.162. The first kappa shape index (κ1) is 21.0. The fourth-order valence-corrected chi connectivity index (χ4v) is 3.11. The third kappa shape index (κ3) is 5.11. The van der Waals surface area contributed by atoms with Crippen LogP contribution >= 0.6 is 0 Å². The fourth-order valence-electron chi connectivity index (χ4n) is 3.11. The number of rotatable bonds is 10. The molecule has 1 atom stereocenters. The Bertz CT molecular complexity index is 643. The SMILES string of the molecule is COCCN(CCOC)C(=O)[C@H]1CC(=O)N(c2cc(OC)ccc2OC)C1. The zero-order valence-corrected chi connectivity index (χ0v) is 16.4. The largest absolute Gasteiger partial charge is 0.497 e. The summed E-state index contributed by atoms with van der Waals surface area (Å²) in [6, 6.07) is 5.26. The number of carbonyl (C=O) groups excluding carboxylic acids is 2. The van der Waals surface area contributed by atoms with Crippen molar-refractivity contribution >= 4 is 17.5 Å². The normalized spacial score (nSPS) is 16.5. The molecule has 0 aromatic heterocycles. The van der Waals surface area contributed by atoms with Crippen LogP contribution in [0, 0.1) is 5.92 Å². The highest BCUT2D eigenvalue weighted by Gasteiger charge is 2.38. The van der Waals surface area contributed by atoms with Crippen LogP contribution in [-0.4, -0.2) is 78.0 Å². The number of amides is 2. The molecule has 1 saturated heterocycles. The van der Waals surface area contributed by atoms with Crippen LogP contribution in [0.15, 0.2) is 18.2 Å². The van der Waals surface area contributed by atoms with Crippen molar-refractivity contribution in [1.29, 1.82) is 0 Å². The number of hydrogen-bond donors (Lipinski definition) is 0. The summed E-state index contributed by atoms with van der Waals surface area (Å²) < 4.78 is 20.8. The Kier molecular flexibility index (Phi) is 7.87. The Morgan fingerprint density at radius 2 is 1.78 bits per heavy atom. The van der Waals surface area contributed by atoms with E-state index in [1.807, 2.05) is 0 Å². The molecule has 0 unspecified atom stereocenters. The Morgan fingerprint density at radius 3 is 2.33 bits per heavy atom. The monoisotopic (exact) mass is 380 g/mol. The first-order valence-corrected chi connectivity index (χ1v) is 8.84. The zero-order valence-electron chi connectivity index (χ0n) is 16.4. The minimum absolute atomic E-state index is 0.0678. The molecule has 0 N–H and O–H groups in total. The van der Waals surface area contributed by atoms with Crippen LogP contribution in [-0.2, 0) is 19.1 Å². The van der Waals surface area contributed by atoms with Crippen LogP contribution in [0.5, 0.6) is 11.5 Å². The van der Waals surface area contributed by atoms with Crippen molar-refractivity contribution in [3.05, 3.63) is 18.2 Å². The molecule has 27 heavy (non-hydrogen) atoms. The molecule has 1 heterocycles. The van der Waals surface area contributed by atoms with Gasteiger partial charge in [0, 0.05) is 46.3 Å². The van der Waals surface area contributed by atoms with Crippen molar-refractivity contribution in [1.82, 2.24) is 4.90 Å². The van der Waals surface area contributed by atoms with Gasteiger partial charge in [-0.2, -0.15) is 0 Å². The highest BCUT2D eigenvalue weighted by Crippen LogP contribution is 2.36. The number of carbonyl (C=O) groups is 2. The van der Waals surface area contributed by atoms with Gasteiger partial charge >= 0.3 is 0 Å². The van der Waals surface area contributed by atoms with E-state index < -0.39 is 5.92 Å². The van der Waals surface area contributed by atoms with Crippen LogP contribution < -0.4 is 14.4 Å². The Labute approximate surface area is 159 Å². The molecule has 1 aliphatic rings. The number of anilines is 1. The van der Waals surface area contributed by atoms with Gasteiger partial charge in [-0.1, -0.05) is 0 Å². The third-order valence-corrected chi connectivity index (χ3v) is 4.59. The van der Waals surface area contributed by atoms with Gasteiger partial charge in [-0.15, -0.1) is 0 Å². The molecule has 1 aromatic rings. The molecule has 0 bridgehead atoms. The van der Waals surface area contributed by atoms with E-state index in [0.717, 1.165) is 0 Å². The zero-order chi connectivity index (χ0) is 19.8. The third-order valence-electron chi connectivity index (χ3n) is 4.59. The van der Waals surface area contributed by atoms with E-state index in [1.54, 1.807) is 56.4 Å². The van der Waals surface area contributed by atoms with Crippen LogP contribution in [0.4, 0.5) is 5.69 Å². The van der Waals surface area contributed by atoms with Gasteiger partial charge in [0.1, 0.15) is 11.5 Å². The second-order valence-electron chi connectivity index (χ2n) is 6.25. The smallest absolute Gasteiger partial charge is 0.228 e. The number of ether oxygens (including phenoxy) is 4. The van der Waals surface area contributed by atoms with E-state index in [9.17, 15) is 9.59 Å². The maximum atomic E-state index is 12.9. The molecule has 1 aliphatic heterocycles. The molecule has 0 radical (unpaired) electrons. The molecule has 2 rings (SSSR count). The van der Waals surface area contributed by atoms with E-state index in [1.165, 1.54) is 0 Å². The van der Waals surface area contributed by atoms with Crippen molar-refractivity contribution in [2.45, 2.75) is 6.42 Å². The molecule has 1 fully saturated rings. The Balaban J connectivity index is 2.17. The molecule has 1 aromatic carbocycles. The van der Waals surface area contributed by atoms with Crippen LogP contribution in [0.3, 0.4) is 0 Å². The molecular weight excluding hydrogens is 352 g/mol. The van der Waals surface area contributed by atoms with Gasteiger partial charge in [-0.3, -0.25) is 9.59 Å². The van der Waals surface area contributed by atoms with Crippen molar-refractivity contribution in [3.8, 4) is 11.5 Å². The predicted octanol–water partition coefficient (Wildman–Crippen LogP) is 1.18. The molecule has 8 nitrogen and oxygen atoms in total. The lowest BCUT2D eigenvalue weighted by molar-refractivity contribution is -0.137. The van der Waals surface area contributed by atoms with Crippen molar-refractivity contribution in [2.24, 2.45) is 5.92 Å². The average molecular weight is 380 g/mol. The van der Waals surface area contributed by atoms with E-state index >= 15 is 0 Å². The number of benzene rings is 1. The predicted molar refractivity (Wildman–Crippen MR) is 100 cm³/mol. The molecule has 0 aliphatic carbocycles. The van der Waals surface area contributed by atoms with Gasteiger partial charge < -0.3 is 28.7 Å². The first-order valence-electron chi connectivity index (χ1n) is 8.84. The Hall–Kier alpha value is -2.32. The summed E-state index contributed by atoms with van der Waals surface area (Å²) in [6.45, 7) is 2.10. The quantitative estimate of drug-likeness (QED) is 0.607. The number of nitrogens with zero attached hydrogens (tertiary/aromatic N) is 2. The molecule has 8 heteroatoms. The van der Waals surface area contributed by atoms with Gasteiger partial charge in [-0.05, 0) is 12.1 Å². The lowest BCUT2D eigenvalue weighted by Gasteiger charge is -2.25. The first-order chi connectivity index (χ1) is 13.0. The Morgan fingerprint density at radius 1 is 1.11 bits per heavy atom. The van der Waals surface area contributed by atoms with Gasteiger partial charge in [0.2, 0.25) is 11.8 Å². The fraction of sp³-hybridized carbons (Fsp3) is 0.579. The molecule has 0 spiro atoms. The lowest BCUT2D eigenvalue weighted by Crippen LogP contribution is -2.41. The van der Waals surface area contributed by atoms with E-state index in [0.29, 0.717) is 50.0 Å². The van der Waals surface area contributed by atoms with E-state index in [4.69, 9.17) is 18.9 Å². The maximum absolute atomic E-state index is 12.9. The second kappa shape index (κ2) is 10.1. The molecule has 0 saturated carbocycles. The van der Waals surface area contributed by atoms with Gasteiger partial charge in [0.05, 0.1) is 39.0 Å². The van der Waals surface area contributed by atoms with Crippen LogP contribution in [0.1, 0.15) is 6.42 Å². The van der Waals surface area contributed by atoms with Crippen molar-refractivity contribution in [3.63, 3.8) is 0 Å². The number of methoxy groups -OCH3 is 4. The number of hydrogen-bond acceptors (Lipinski definition) is 6. The summed E-state index contributed by atoms with van der Waals surface area (Å²) in [5.74, 6) is 0.588. The standard InChI is InChI=1S/C19H28N2O6/c1-24-9-7-20(8-10-25-2)19(23)14-11-18(22)21(13-14)16-12-15(26-3)5-6-17(16)27-4/h5-6,12,14H,7-11,13H2,1-4H3/t14-/m0/s1. The topological polar surface area (TPSA) is 77.5 Å². The van der Waals surface area contributed by atoms with Crippen LogP contribution in [0.25, 0.3) is 0 Å². The van der Waals surface area contributed by atoms with E-state index in [2.05, 4.69) is 0 Å². The summed E-state index contributed by atoms with van der Waals surface area (Å²) >= 11 is 0. The summed E-state index contributed by atoms with van der Waals surface area (Å²) in [7, 11) is 6.29. The highest BCUT2D eigenvalue weighted by atomic mass is 16.5. The summed E-state index contributed by atoms with van der Waals surface area (Å²) in [4.78, 5) is 28.8. The maximum Gasteiger partial charge on any atom is 0.228 e. The molecular formula is C19H28N2O6. The summed E-state index contributed by atoms with van der Waals surface area (Å²) in [5, 5.41) is 0. The molecule has 150 valence electrons. The lowest BCUT2D eigenvalue weighted by atomic mass is 10.1. The van der Waals surface area contributed by atoms with Gasteiger partial charge in [0.15, 0.2) is 0 Å². The van der Waals surface area contributed by atoms with E-state index in [-0.39, 0.29) is 18.2 Å². The summed E-state index contributed by atoms with van der Waals surface area (Å²) in [5.41, 5.74) is 0.609. The highest BCUT2D eigenvalue weighted by molar-refractivity contribution is 6.01. The van der Waals surface area contributed by atoms with Crippen molar-refractivity contribution in [2.75, 3.05) is 66.2 Å².